The molecule has 1 aromatic carbocycles. The monoisotopic (exact) mass is 338 g/mol. The van der Waals surface area contributed by atoms with E-state index in [1.54, 1.807) is 6.20 Å². The number of H-pyrrole nitrogens is 1. The van der Waals surface area contributed by atoms with Crippen molar-refractivity contribution in [2.75, 3.05) is 5.32 Å². The van der Waals surface area contributed by atoms with Crippen LogP contribution in [0.2, 0.25) is 0 Å². The van der Waals surface area contributed by atoms with E-state index in [0.717, 1.165) is 28.5 Å². The molecule has 7 heteroatoms. The number of aromatic nitrogens is 4. The number of amides is 2. The van der Waals surface area contributed by atoms with Crippen LogP contribution in [0.15, 0.2) is 42.7 Å². The summed E-state index contributed by atoms with van der Waals surface area (Å²) in [5.41, 5.74) is 3.62. The van der Waals surface area contributed by atoms with Gasteiger partial charge in [-0.15, -0.1) is 0 Å². The molecule has 7 nitrogen and oxygen atoms in total. The fourth-order valence-electron chi connectivity index (χ4n) is 2.71. The summed E-state index contributed by atoms with van der Waals surface area (Å²) < 4.78 is 1.94. The third-order valence-corrected chi connectivity index (χ3v) is 3.85. The molecule has 0 saturated carbocycles. The Labute approximate surface area is 146 Å². The summed E-state index contributed by atoms with van der Waals surface area (Å²) >= 11 is 0. The number of nitrogens with zero attached hydrogens (tertiary/aromatic N) is 3. The van der Waals surface area contributed by atoms with Gasteiger partial charge < -0.3 is 15.2 Å². The molecule has 3 N–H and O–H groups in total. The lowest BCUT2D eigenvalue weighted by molar-refractivity contribution is 0.249. The van der Waals surface area contributed by atoms with Gasteiger partial charge in [-0.25, -0.2) is 9.78 Å². The van der Waals surface area contributed by atoms with Gasteiger partial charge in [0.05, 0.1) is 5.69 Å². The minimum Gasteiger partial charge on any atom is -0.335 e. The van der Waals surface area contributed by atoms with Gasteiger partial charge in [-0.05, 0) is 32.0 Å². The average molecular weight is 338 g/mol. The van der Waals surface area contributed by atoms with Crippen LogP contribution in [-0.2, 0) is 13.5 Å². The van der Waals surface area contributed by atoms with Crippen molar-refractivity contribution >= 4 is 11.7 Å². The zero-order chi connectivity index (χ0) is 17.8. The molecular weight excluding hydrogens is 316 g/mol. The number of carbonyl (C=O) groups excluding carboxylic acids is 1. The maximum Gasteiger partial charge on any atom is 0.319 e. The fourth-order valence-corrected chi connectivity index (χ4v) is 2.71. The maximum atomic E-state index is 12.2. The summed E-state index contributed by atoms with van der Waals surface area (Å²) in [7, 11) is 1.94. The quantitative estimate of drug-likeness (QED) is 0.668. The first-order chi connectivity index (χ1) is 12.0. The Hall–Kier alpha value is -3.09. The maximum absolute atomic E-state index is 12.2. The van der Waals surface area contributed by atoms with E-state index in [4.69, 9.17) is 0 Å². The van der Waals surface area contributed by atoms with Crippen molar-refractivity contribution in [3.8, 4) is 11.4 Å². The van der Waals surface area contributed by atoms with Gasteiger partial charge >= 0.3 is 6.03 Å². The Morgan fingerprint density at radius 1 is 1.36 bits per heavy atom. The van der Waals surface area contributed by atoms with Crippen molar-refractivity contribution in [3.05, 3.63) is 54.1 Å². The zero-order valence-electron chi connectivity index (χ0n) is 14.6. The summed E-state index contributed by atoms with van der Waals surface area (Å²) in [6, 6.07) is 9.34. The van der Waals surface area contributed by atoms with E-state index in [1.807, 2.05) is 62.0 Å². The first-order valence-electron chi connectivity index (χ1n) is 8.17. The van der Waals surface area contributed by atoms with Crippen LogP contribution in [0.4, 0.5) is 10.5 Å². The molecule has 2 heterocycles. The van der Waals surface area contributed by atoms with Crippen LogP contribution < -0.4 is 10.6 Å². The van der Waals surface area contributed by atoms with Gasteiger partial charge in [-0.2, -0.15) is 5.10 Å². The Bertz CT molecular complexity index is 866. The highest BCUT2D eigenvalue weighted by Crippen LogP contribution is 2.20. The molecule has 0 aliphatic rings. The Balaban J connectivity index is 1.60. The van der Waals surface area contributed by atoms with Crippen LogP contribution in [0.5, 0.6) is 0 Å². The lowest BCUT2D eigenvalue weighted by atomic mass is 10.2. The average Bonchev–Trinajstić information content (AvgIpc) is 3.15. The van der Waals surface area contributed by atoms with Crippen LogP contribution >= 0.6 is 0 Å². The fraction of sp³-hybridized carbons (Fsp3) is 0.278. The highest BCUT2D eigenvalue weighted by atomic mass is 16.2. The number of aromatic amines is 1. The van der Waals surface area contributed by atoms with Crippen molar-refractivity contribution in [3.63, 3.8) is 0 Å². The number of hydrogen-bond donors (Lipinski definition) is 3. The third-order valence-electron chi connectivity index (χ3n) is 3.85. The number of urea groups is 1. The molecule has 0 unspecified atom stereocenters. The van der Waals surface area contributed by atoms with Gasteiger partial charge in [0, 0.05) is 48.8 Å². The van der Waals surface area contributed by atoms with Crippen LogP contribution in [0.3, 0.4) is 0 Å². The van der Waals surface area contributed by atoms with Crippen molar-refractivity contribution in [1.29, 1.82) is 0 Å². The van der Waals surface area contributed by atoms with E-state index in [-0.39, 0.29) is 12.1 Å². The van der Waals surface area contributed by atoms with E-state index in [1.165, 1.54) is 0 Å². The highest BCUT2D eigenvalue weighted by molar-refractivity contribution is 5.90. The lowest BCUT2D eigenvalue weighted by Gasteiger charge is -2.14. The molecule has 0 saturated heterocycles. The topological polar surface area (TPSA) is 87.6 Å². The molecule has 3 aromatic rings. The van der Waals surface area contributed by atoms with E-state index in [2.05, 4.69) is 25.8 Å². The first kappa shape index (κ1) is 16.8. The van der Waals surface area contributed by atoms with Crippen LogP contribution in [0.25, 0.3) is 11.4 Å². The molecule has 0 fully saturated rings. The SMILES string of the molecule is Cc1cc(C[C@@H](C)NC(=O)Nc2cccc(-c3nccn3C)c2)n[nH]1. The largest absolute Gasteiger partial charge is 0.335 e. The predicted molar refractivity (Wildman–Crippen MR) is 97.3 cm³/mol. The number of carbonyl (C=O) groups is 1. The van der Waals surface area contributed by atoms with Crippen molar-refractivity contribution in [2.24, 2.45) is 7.05 Å². The number of rotatable bonds is 5. The van der Waals surface area contributed by atoms with E-state index in [9.17, 15) is 4.79 Å². The number of aryl methyl sites for hydroxylation is 2. The lowest BCUT2D eigenvalue weighted by Crippen LogP contribution is -2.37. The summed E-state index contributed by atoms with van der Waals surface area (Å²) in [4.78, 5) is 16.5. The van der Waals surface area contributed by atoms with Crippen LogP contribution in [-0.4, -0.2) is 31.8 Å². The Morgan fingerprint density at radius 2 is 2.20 bits per heavy atom. The summed E-state index contributed by atoms with van der Waals surface area (Å²) in [5.74, 6) is 0.853. The van der Waals surface area contributed by atoms with E-state index < -0.39 is 0 Å². The second kappa shape index (κ2) is 7.21. The van der Waals surface area contributed by atoms with Crippen molar-refractivity contribution in [2.45, 2.75) is 26.3 Å². The standard InChI is InChI=1S/C18H22N6O/c1-12(9-16-10-13(2)22-23-16)20-18(25)21-15-6-4-5-14(11-15)17-19-7-8-24(17)3/h4-8,10-12H,9H2,1-3H3,(H,22,23)(H2,20,21,25)/t12-/m1/s1. The van der Waals surface area contributed by atoms with Gasteiger partial charge in [0.2, 0.25) is 0 Å². The molecule has 2 amide bonds. The molecule has 1 atom stereocenters. The minimum absolute atomic E-state index is 0.0274. The molecule has 0 radical (unpaired) electrons. The second-order valence-corrected chi connectivity index (χ2v) is 6.19. The van der Waals surface area contributed by atoms with Crippen LogP contribution in [0, 0.1) is 6.92 Å². The van der Waals surface area contributed by atoms with Gasteiger partial charge in [0.15, 0.2) is 0 Å². The normalized spacial score (nSPS) is 12.0. The highest BCUT2D eigenvalue weighted by Gasteiger charge is 2.11. The van der Waals surface area contributed by atoms with Gasteiger partial charge in [-0.1, -0.05) is 12.1 Å². The molecule has 25 heavy (non-hydrogen) atoms. The predicted octanol–water partition coefficient (Wildman–Crippen LogP) is 2.87. The van der Waals surface area contributed by atoms with Crippen LogP contribution in [0.1, 0.15) is 18.3 Å². The molecule has 0 bridgehead atoms. The molecule has 2 aromatic heterocycles. The molecule has 3 rings (SSSR count). The molecule has 0 aliphatic heterocycles. The molecule has 0 spiro atoms. The van der Waals surface area contributed by atoms with E-state index in [0.29, 0.717) is 6.42 Å². The summed E-state index contributed by atoms with van der Waals surface area (Å²) in [5, 5.41) is 12.9. The summed E-state index contributed by atoms with van der Waals surface area (Å²) in [6.45, 7) is 3.91. The second-order valence-electron chi connectivity index (χ2n) is 6.19. The third kappa shape index (κ3) is 4.26. The number of nitrogens with one attached hydrogen (secondary N) is 3. The van der Waals surface area contributed by atoms with Gasteiger partial charge in [0.1, 0.15) is 5.82 Å². The Morgan fingerprint density at radius 3 is 2.88 bits per heavy atom. The number of hydrogen-bond acceptors (Lipinski definition) is 3. The van der Waals surface area contributed by atoms with Gasteiger partial charge in [0.25, 0.3) is 0 Å². The van der Waals surface area contributed by atoms with Crippen molar-refractivity contribution in [1.82, 2.24) is 25.1 Å². The smallest absolute Gasteiger partial charge is 0.319 e. The molecule has 130 valence electrons. The van der Waals surface area contributed by atoms with E-state index >= 15 is 0 Å². The number of benzene rings is 1. The van der Waals surface area contributed by atoms with Gasteiger partial charge in [-0.3, -0.25) is 5.10 Å². The first-order valence-corrected chi connectivity index (χ1v) is 8.17. The Kier molecular flexibility index (Phi) is 4.83. The summed E-state index contributed by atoms with van der Waals surface area (Å²) in [6.07, 6.45) is 4.31. The zero-order valence-corrected chi connectivity index (χ0v) is 14.6. The number of anilines is 1. The number of imidazole rings is 1. The minimum atomic E-state index is -0.239. The van der Waals surface area contributed by atoms with Crippen molar-refractivity contribution < 1.29 is 4.79 Å². The molecular formula is C18H22N6O. The molecule has 0 aliphatic carbocycles.